The Balaban J connectivity index is 1.93. The fraction of sp³-hybridized carbons (Fsp3) is 0. The molecule has 0 amide bonds. The Hall–Kier alpha value is -3.19. The molecule has 2 aromatic carbocycles. The second kappa shape index (κ2) is 5.17. The number of nitro benzene ring substituents is 1. The molecule has 7 nitrogen and oxygen atoms in total. The van der Waals surface area contributed by atoms with Gasteiger partial charge in [-0.15, -0.1) is 0 Å². The lowest BCUT2D eigenvalue weighted by Gasteiger charge is -2.00. The highest BCUT2D eigenvalue weighted by molar-refractivity contribution is 6.31. The lowest BCUT2D eigenvalue weighted by atomic mass is 10.2. The number of benzene rings is 2. The summed E-state index contributed by atoms with van der Waals surface area (Å²) in [5.74, 6) is 0.279. The van der Waals surface area contributed by atoms with Crippen LogP contribution >= 0.6 is 11.6 Å². The van der Waals surface area contributed by atoms with E-state index in [4.69, 9.17) is 16.0 Å². The Morgan fingerprint density at radius 2 is 2.00 bits per heavy atom. The number of aromatic nitrogens is 2. The second-order valence-electron chi connectivity index (χ2n) is 5.17. The number of imidazole rings is 1. The van der Waals surface area contributed by atoms with Crippen molar-refractivity contribution in [1.29, 1.82) is 0 Å². The van der Waals surface area contributed by atoms with Crippen LogP contribution in [0.5, 0.6) is 0 Å². The van der Waals surface area contributed by atoms with Crippen LogP contribution in [0.1, 0.15) is 0 Å². The van der Waals surface area contributed by atoms with Crippen LogP contribution in [0.2, 0.25) is 5.02 Å². The zero-order valence-electron chi connectivity index (χ0n) is 11.9. The van der Waals surface area contributed by atoms with Gasteiger partial charge in [0.15, 0.2) is 0 Å². The number of halogens is 1. The average molecular weight is 342 g/mol. The number of nitrogens with zero attached hydrogens (tertiary/aromatic N) is 2. The Morgan fingerprint density at radius 3 is 2.79 bits per heavy atom. The molecule has 0 aliphatic heterocycles. The number of nitro groups is 1. The van der Waals surface area contributed by atoms with Crippen LogP contribution in [-0.4, -0.2) is 14.9 Å². The summed E-state index contributed by atoms with van der Waals surface area (Å²) in [5.41, 5.74) is 1.00. The Bertz CT molecular complexity index is 1180. The highest BCUT2D eigenvalue weighted by Crippen LogP contribution is 2.25. The van der Waals surface area contributed by atoms with E-state index in [1.807, 2.05) is 0 Å². The van der Waals surface area contributed by atoms with Crippen LogP contribution in [0, 0.1) is 10.1 Å². The number of non-ortho nitro benzene ring substituents is 1. The molecule has 4 rings (SSSR count). The van der Waals surface area contributed by atoms with Crippen molar-refractivity contribution in [3.8, 4) is 11.4 Å². The summed E-state index contributed by atoms with van der Waals surface area (Å²) >= 11 is 5.96. The molecular formula is C16H8ClN3O4. The number of H-pyrrole nitrogens is 1. The maximum absolute atomic E-state index is 12.2. The molecule has 0 bridgehead atoms. The topological polar surface area (TPSA) is 102 Å². The first-order chi connectivity index (χ1) is 11.5. The predicted molar refractivity (Wildman–Crippen MR) is 89.2 cm³/mol. The lowest BCUT2D eigenvalue weighted by molar-refractivity contribution is -0.384. The zero-order valence-corrected chi connectivity index (χ0v) is 12.7. The Morgan fingerprint density at radius 1 is 1.17 bits per heavy atom. The fourth-order valence-corrected chi connectivity index (χ4v) is 2.68. The van der Waals surface area contributed by atoms with E-state index in [9.17, 15) is 14.9 Å². The quantitative estimate of drug-likeness (QED) is 0.338. The van der Waals surface area contributed by atoms with Gasteiger partial charge in [-0.1, -0.05) is 11.6 Å². The van der Waals surface area contributed by atoms with Crippen LogP contribution in [-0.2, 0) is 0 Å². The van der Waals surface area contributed by atoms with Gasteiger partial charge in [-0.25, -0.2) is 9.78 Å². The first-order valence-electron chi connectivity index (χ1n) is 6.89. The molecule has 2 heterocycles. The van der Waals surface area contributed by atoms with E-state index in [0.29, 0.717) is 27.0 Å². The molecule has 8 heteroatoms. The van der Waals surface area contributed by atoms with Gasteiger partial charge in [0.2, 0.25) is 0 Å². The van der Waals surface area contributed by atoms with Crippen molar-refractivity contribution in [3.63, 3.8) is 0 Å². The van der Waals surface area contributed by atoms with E-state index >= 15 is 0 Å². The van der Waals surface area contributed by atoms with Gasteiger partial charge in [-0.2, -0.15) is 0 Å². The van der Waals surface area contributed by atoms with Crippen molar-refractivity contribution >= 4 is 39.3 Å². The van der Waals surface area contributed by atoms with Crippen molar-refractivity contribution in [2.45, 2.75) is 0 Å². The summed E-state index contributed by atoms with van der Waals surface area (Å²) in [6.07, 6.45) is 0. The van der Waals surface area contributed by atoms with Gasteiger partial charge in [0.05, 0.1) is 16.0 Å². The van der Waals surface area contributed by atoms with E-state index in [1.54, 1.807) is 24.3 Å². The molecule has 0 spiro atoms. The summed E-state index contributed by atoms with van der Waals surface area (Å²) in [6, 6.07) is 10.8. The number of nitrogens with one attached hydrogen (secondary N) is 1. The lowest BCUT2D eigenvalue weighted by Crippen LogP contribution is -2.03. The molecule has 4 aromatic rings. The summed E-state index contributed by atoms with van der Waals surface area (Å²) in [7, 11) is 0. The molecule has 0 saturated heterocycles. The number of rotatable bonds is 2. The Kier molecular flexibility index (Phi) is 3.10. The van der Waals surface area contributed by atoms with Gasteiger partial charge in [0.1, 0.15) is 17.0 Å². The highest BCUT2D eigenvalue weighted by atomic mass is 35.5. The average Bonchev–Trinajstić information content (AvgIpc) is 2.97. The first-order valence-corrected chi connectivity index (χ1v) is 7.27. The number of hydrogen-bond donors (Lipinski definition) is 1. The normalized spacial score (nSPS) is 11.2. The summed E-state index contributed by atoms with van der Waals surface area (Å²) in [4.78, 5) is 29.8. The SMILES string of the molecule is O=c1oc2ccc(Cl)cc2cc1-c1nc2ccc([N+](=O)[O-])cc2[nH]1. The Labute approximate surface area is 138 Å². The van der Waals surface area contributed by atoms with Crippen molar-refractivity contribution in [1.82, 2.24) is 9.97 Å². The van der Waals surface area contributed by atoms with Crippen molar-refractivity contribution < 1.29 is 9.34 Å². The van der Waals surface area contributed by atoms with E-state index < -0.39 is 10.5 Å². The molecule has 0 unspecified atom stereocenters. The molecule has 0 atom stereocenters. The third-order valence-corrected chi connectivity index (χ3v) is 3.86. The molecule has 0 aliphatic carbocycles. The monoisotopic (exact) mass is 341 g/mol. The summed E-state index contributed by atoms with van der Waals surface area (Å²) in [6.45, 7) is 0. The highest BCUT2D eigenvalue weighted by Gasteiger charge is 2.14. The molecule has 24 heavy (non-hydrogen) atoms. The van der Waals surface area contributed by atoms with E-state index in [2.05, 4.69) is 9.97 Å². The van der Waals surface area contributed by atoms with Gasteiger partial charge < -0.3 is 9.40 Å². The summed E-state index contributed by atoms with van der Waals surface area (Å²) in [5, 5.41) is 12.0. The maximum Gasteiger partial charge on any atom is 0.347 e. The van der Waals surface area contributed by atoms with Crippen LogP contribution in [0.25, 0.3) is 33.4 Å². The number of fused-ring (bicyclic) bond motifs is 2. The van der Waals surface area contributed by atoms with Crippen LogP contribution in [0.4, 0.5) is 5.69 Å². The standard InChI is InChI=1S/C16H8ClN3O4/c17-9-1-4-14-8(5-9)6-11(16(21)24-14)15-18-12-3-2-10(20(22)23)7-13(12)19-15/h1-7H,(H,18,19). The van der Waals surface area contributed by atoms with Crippen LogP contribution in [0.15, 0.2) is 51.7 Å². The van der Waals surface area contributed by atoms with Gasteiger partial charge in [-0.3, -0.25) is 10.1 Å². The summed E-state index contributed by atoms with van der Waals surface area (Å²) < 4.78 is 5.28. The van der Waals surface area contributed by atoms with Gasteiger partial charge >= 0.3 is 5.63 Å². The molecule has 0 radical (unpaired) electrons. The first kappa shape index (κ1) is 14.4. The van der Waals surface area contributed by atoms with Gasteiger partial charge in [0.25, 0.3) is 5.69 Å². The van der Waals surface area contributed by atoms with Crippen molar-refractivity contribution in [2.75, 3.05) is 0 Å². The van der Waals surface area contributed by atoms with E-state index in [-0.39, 0.29) is 17.1 Å². The largest absolute Gasteiger partial charge is 0.422 e. The minimum atomic E-state index is -0.557. The minimum Gasteiger partial charge on any atom is -0.422 e. The molecule has 0 saturated carbocycles. The van der Waals surface area contributed by atoms with Gasteiger partial charge in [0, 0.05) is 22.5 Å². The third-order valence-electron chi connectivity index (χ3n) is 3.63. The van der Waals surface area contributed by atoms with Crippen molar-refractivity contribution in [3.05, 3.63) is 68.0 Å². The second-order valence-corrected chi connectivity index (χ2v) is 5.61. The molecular weight excluding hydrogens is 334 g/mol. The smallest absolute Gasteiger partial charge is 0.347 e. The zero-order chi connectivity index (χ0) is 16.8. The maximum atomic E-state index is 12.2. The molecule has 118 valence electrons. The van der Waals surface area contributed by atoms with Crippen LogP contribution < -0.4 is 5.63 Å². The van der Waals surface area contributed by atoms with E-state index in [1.165, 1.54) is 18.2 Å². The number of hydrogen-bond acceptors (Lipinski definition) is 5. The molecule has 0 aliphatic rings. The molecule has 1 N–H and O–H groups in total. The number of aromatic amines is 1. The molecule has 2 aromatic heterocycles. The van der Waals surface area contributed by atoms with Gasteiger partial charge in [-0.05, 0) is 30.3 Å². The van der Waals surface area contributed by atoms with Crippen LogP contribution in [0.3, 0.4) is 0 Å². The molecule has 0 fully saturated rings. The third kappa shape index (κ3) is 2.31. The minimum absolute atomic E-state index is 0.0602. The predicted octanol–water partition coefficient (Wildman–Crippen LogP) is 3.90. The fourth-order valence-electron chi connectivity index (χ4n) is 2.50. The van der Waals surface area contributed by atoms with Crippen molar-refractivity contribution in [2.24, 2.45) is 0 Å². The van der Waals surface area contributed by atoms with E-state index in [0.717, 1.165) is 0 Å².